The molecule has 1 aliphatic rings. The Balaban J connectivity index is 2.51. The van der Waals surface area contributed by atoms with Crippen LogP contribution in [-0.2, 0) is 9.53 Å². The van der Waals surface area contributed by atoms with E-state index in [0.29, 0.717) is 19.4 Å². The summed E-state index contributed by atoms with van der Waals surface area (Å²) >= 11 is 0. The monoisotopic (exact) mass is 310 g/mol. The van der Waals surface area contributed by atoms with E-state index in [1.54, 1.807) is 20.8 Å². The number of nitrogens with one attached hydrogen (secondary N) is 1. The van der Waals surface area contributed by atoms with Crippen molar-refractivity contribution in [2.75, 3.05) is 13.1 Å². The molecule has 0 spiro atoms. The molecule has 1 atom stereocenters. The number of hydrogen-bond acceptors (Lipinski definition) is 3. The SMILES string of the molecule is CC(C)(C)OC(=O)N1CCCC(NC(=O)C(F)(F)F)CC1. The fourth-order valence-corrected chi connectivity index (χ4v) is 2.02. The van der Waals surface area contributed by atoms with E-state index < -0.39 is 29.8 Å². The number of likely N-dealkylation sites (tertiary alicyclic amines) is 1. The van der Waals surface area contributed by atoms with Gasteiger partial charge in [-0.15, -0.1) is 0 Å². The van der Waals surface area contributed by atoms with Gasteiger partial charge in [-0.3, -0.25) is 4.79 Å². The Labute approximate surface area is 121 Å². The Kier molecular flexibility index (Phi) is 5.47. The van der Waals surface area contributed by atoms with Crippen LogP contribution in [0.2, 0.25) is 0 Å². The van der Waals surface area contributed by atoms with E-state index in [0.717, 1.165) is 0 Å². The van der Waals surface area contributed by atoms with Gasteiger partial charge < -0.3 is 15.0 Å². The van der Waals surface area contributed by atoms with Crippen LogP contribution in [0.15, 0.2) is 0 Å². The molecule has 0 aromatic carbocycles. The van der Waals surface area contributed by atoms with Gasteiger partial charge in [0.1, 0.15) is 5.60 Å². The fourth-order valence-electron chi connectivity index (χ4n) is 2.02. The van der Waals surface area contributed by atoms with E-state index in [2.05, 4.69) is 0 Å². The second kappa shape index (κ2) is 6.53. The number of alkyl halides is 3. The minimum Gasteiger partial charge on any atom is -0.444 e. The third-order valence-corrected chi connectivity index (χ3v) is 2.97. The maximum atomic E-state index is 12.2. The molecule has 1 unspecified atom stereocenters. The lowest BCUT2D eigenvalue weighted by molar-refractivity contribution is -0.174. The lowest BCUT2D eigenvalue weighted by Crippen LogP contribution is -2.43. The van der Waals surface area contributed by atoms with Crippen LogP contribution in [0.4, 0.5) is 18.0 Å². The molecule has 1 rings (SSSR count). The summed E-state index contributed by atoms with van der Waals surface area (Å²) in [6.45, 7) is 5.91. The third kappa shape index (κ3) is 6.22. The van der Waals surface area contributed by atoms with Gasteiger partial charge in [0, 0.05) is 19.1 Å². The summed E-state index contributed by atoms with van der Waals surface area (Å²) in [5.41, 5.74) is -0.618. The van der Waals surface area contributed by atoms with Gasteiger partial charge in [0.05, 0.1) is 0 Å². The summed E-state index contributed by atoms with van der Waals surface area (Å²) in [5.74, 6) is -1.93. The van der Waals surface area contributed by atoms with Crippen molar-refractivity contribution in [1.29, 1.82) is 0 Å². The van der Waals surface area contributed by atoms with Crippen molar-refractivity contribution in [3.05, 3.63) is 0 Å². The zero-order valence-electron chi connectivity index (χ0n) is 12.4. The Hall–Kier alpha value is -1.47. The molecular formula is C13H21F3N2O3. The van der Waals surface area contributed by atoms with Crippen LogP contribution in [0.1, 0.15) is 40.0 Å². The maximum absolute atomic E-state index is 12.2. The van der Waals surface area contributed by atoms with E-state index in [1.807, 2.05) is 5.32 Å². The Morgan fingerprint density at radius 1 is 1.14 bits per heavy atom. The molecule has 8 heteroatoms. The second-order valence-corrected chi connectivity index (χ2v) is 6.07. The van der Waals surface area contributed by atoms with E-state index >= 15 is 0 Å². The summed E-state index contributed by atoms with van der Waals surface area (Å²) in [6.07, 6.45) is -4.16. The van der Waals surface area contributed by atoms with Crippen molar-refractivity contribution in [3.8, 4) is 0 Å². The zero-order valence-corrected chi connectivity index (χ0v) is 12.4. The van der Waals surface area contributed by atoms with Crippen molar-refractivity contribution in [3.63, 3.8) is 0 Å². The highest BCUT2D eigenvalue weighted by Crippen LogP contribution is 2.18. The highest BCUT2D eigenvalue weighted by molar-refractivity contribution is 5.81. The molecule has 21 heavy (non-hydrogen) atoms. The van der Waals surface area contributed by atoms with Gasteiger partial charge in [0.25, 0.3) is 0 Å². The Bertz CT molecular complexity index is 391. The molecule has 2 amide bonds. The highest BCUT2D eigenvalue weighted by atomic mass is 19.4. The van der Waals surface area contributed by atoms with Crippen LogP contribution in [-0.4, -0.2) is 47.8 Å². The number of carbonyl (C=O) groups is 2. The highest BCUT2D eigenvalue weighted by Gasteiger charge is 2.40. The topological polar surface area (TPSA) is 58.6 Å². The average molecular weight is 310 g/mol. The van der Waals surface area contributed by atoms with Crippen LogP contribution in [0, 0.1) is 0 Å². The van der Waals surface area contributed by atoms with Gasteiger partial charge in [-0.2, -0.15) is 13.2 Å². The first-order valence-corrected chi connectivity index (χ1v) is 6.84. The standard InChI is InChI=1S/C13H21F3N2O3/c1-12(2,3)21-11(20)18-7-4-5-9(6-8-18)17-10(19)13(14,15)16/h9H,4-8H2,1-3H3,(H,17,19). The number of hydrogen-bond donors (Lipinski definition) is 1. The van der Waals surface area contributed by atoms with Crippen molar-refractivity contribution >= 4 is 12.0 Å². The first-order valence-electron chi connectivity index (χ1n) is 6.84. The zero-order chi connectivity index (χ0) is 16.3. The van der Waals surface area contributed by atoms with Crippen LogP contribution >= 0.6 is 0 Å². The van der Waals surface area contributed by atoms with Crippen LogP contribution < -0.4 is 5.32 Å². The molecule has 1 aliphatic heterocycles. The van der Waals surface area contributed by atoms with Gasteiger partial charge in [0.2, 0.25) is 0 Å². The number of carbonyl (C=O) groups excluding carboxylic acids is 2. The molecule has 1 heterocycles. The van der Waals surface area contributed by atoms with Gasteiger partial charge in [-0.1, -0.05) is 0 Å². The molecule has 1 saturated heterocycles. The number of amides is 2. The molecule has 1 fully saturated rings. The predicted molar refractivity (Wildman–Crippen MR) is 69.6 cm³/mol. The lowest BCUT2D eigenvalue weighted by Gasteiger charge is -2.26. The number of nitrogens with zero attached hydrogens (tertiary/aromatic N) is 1. The van der Waals surface area contributed by atoms with E-state index in [-0.39, 0.29) is 13.0 Å². The first-order chi connectivity index (χ1) is 9.49. The first kappa shape index (κ1) is 17.6. The van der Waals surface area contributed by atoms with Crippen molar-refractivity contribution < 1.29 is 27.5 Å². The summed E-state index contributed by atoms with van der Waals surface area (Å²) in [5, 5.41) is 1.96. The summed E-state index contributed by atoms with van der Waals surface area (Å²) in [7, 11) is 0. The molecule has 0 aromatic heterocycles. The van der Waals surface area contributed by atoms with Crippen molar-refractivity contribution in [1.82, 2.24) is 10.2 Å². The quantitative estimate of drug-likeness (QED) is 0.809. The van der Waals surface area contributed by atoms with Crippen LogP contribution in [0.3, 0.4) is 0 Å². The maximum Gasteiger partial charge on any atom is 0.471 e. The van der Waals surface area contributed by atoms with Gasteiger partial charge in [-0.25, -0.2) is 4.79 Å². The lowest BCUT2D eigenvalue weighted by atomic mass is 10.1. The summed E-state index contributed by atoms with van der Waals surface area (Å²) in [6, 6.07) is -0.577. The molecule has 0 aromatic rings. The average Bonchev–Trinajstić information content (AvgIpc) is 2.51. The minimum absolute atomic E-state index is 0.262. The third-order valence-electron chi connectivity index (χ3n) is 2.97. The Morgan fingerprint density at radius 3 is 2.29 bits per heavy atom. The molecule has 5 nitrogen and oxygen atoms in total. The molecule has 0 radical (unpaired) electrons. The van der Waals surface area contributed by atoms with Crippen LogP contribution in [0.5, 0.6) is 0 Å². The largest absolute Gasteiger partial charge is 0.471 e. The smallest absolute Gasteiger partial charge is 0.444 e. The van der Waals surface area contributed by atoms with Crippen LogP contribution in [0.25, 0.3) is 0 Å². The second-order valence-electron chi connectivity index (χ2n) is 6.07. The van der Waals surface area contributed by atoms with Gasteiger partial charge in [-0.05, 0) is 40.0 Å². The molecule has 0 saturated carbocycles. The van der Waals surface area contributed by atoms with Gasteiger partial charge in [0.15, 0.2) is 0 Å². The minimum atomic E-state index is -4.88. The molecular weight excluding hydrogens is 289 g/mol. The van der Waals surface area contributed by atoms with E-state index in [1.165, 1.54) is 4.90 Å². The predicted octanol–water partition coefficient (Wildman–Crippen LogP) is 2.45. The van der Waals surface area contributed by atoms with E-state index in [9.17, 15) is 22.8 Å². The number of halogens is 3. The Morgan fingerprint density at radius 2 is 1.76 bits per heavy atom. The molecule has 122 valence electrons. The van der Waals surface area contributed by atoms with Crippen molar-refractivity contribution in [2.45, 2.75) is 57.9 Å². The molecule has 1 N–H and O–H groups in total. The number of rotatable bonds is 1. The summed E-state index contributed by atoms with van der Waals surface area (Å²) < 4.78 is 41.8. The summed E-state index contributed by atoms with van der Waals surface area (Å²) in [4.78, 5) is 24.3. The van der Waals surface area contributed by atoms with E-state index in [4.69, 9.17) is 4.74 Å². The molecule has 0 bridgehead atoms. The fraction of sp³-hybridized carbons (Fsp3) is 0.846. The number of ether oxygens (including phenoxy) is 1. The molecule has 0 aliphatic carbocycles. The van der Waals surface area contributed by atoms with Crippen molar-refractivity contribution in [2.24, 2.45) is 0 Å². The normalized spacial score (nSPS) is 20.7. The van der Waals surface area contributed by atoms with Gasteiger partial charge >= 0.3 is 18.2 Å².